The van der Waals surface area contributed by atoms with Crippen LogP contribution in [0.5, 0.6) is 5.75 Å². The van der Waals surface area contributed by atoms with Crippen LogP contribution in [0.2, 0.25) is 0 Å². The van der Waals surface area contributed by atoms with Crippen LogP contribution in [0.25, 0.3) is 10.9 Å². The lowest BCUT2D eigenvalue weighted by Gasteiger charge is -2.30. The smallest absolute Gasteiger partial charge is 0.225 e. The van der Waals surface area contributed by atoms with E-state index in [4.69, 9.17) is 9.97 Å². The third-order valence-electron chi connectivity index (χ3n) is 5.97. The van der Waals surface area contributed by atoms with Gasteiger partial charge in [0.15, 0.2) is 0 Å². The van der Waals surface area contributed by atoms with Crippen LogP contribution in [0.1, 0.15) is 36.8 Å². The van der Waals surface area contributed by atoms with E-state index in [1.54, 1.807) is 0 Å². The molecular formula is C24H31N5O. The van der Waals surface area contributed by atoms with E-state index in [0.29, 0.717) is 30.3 Å². The standard InChI is InChI=1S/C24H31N5O/c1-16-7-6-8-17(22(16)30)15-25-18-11-13-19(14-12-18)26-24-27-21-10-5-4-9-20(21)23(28-24)29(2)3/h4-10,18-19,25,30H,11-15H2,1-3H3,(H,26,27,28)/t18-,19+. The van der Waals surface area contributed by atoms with Gasteiger partial charge in [-0.3, -0.25) is 0 Å². The lowest BCUT2D eigenvalue weighted by atomic mass is 9.91. The number of benzene rings is 2. The number of fused-ring (bicyclic) bond motifs is 1. The Morgan fingerprint density at radius 1 is 0.967 bits per heavy atom. The third-order valence-corrected chi connectivity index (χ3v) is 5.97. The molecule has 1 aliphatic carbocycles. The molecule has 6 nitrogen and oxygen atoms in total. The predicted molar refractivity (Wildman–Crippen MR) is 123 cm³/mol. The number of phenols is 1. The number of nitrogens with zero attached hydrogens (tertiary/aromatic N) is 3. The molecule has 0 amide bonds. The van der Waals surface area contributed by atoms with Gasteiger partial charge in [0.25, 0.3) is 0 Å². The zero-order valence-corrected chi connectivity index (χ0v) is 18.0. The molecule has 1 saturated carbocycles. The first-order valence-electron chi connectivity index (χ1n) is 10.7. The van der Waals surface area contributed by atoms with Gasteiger partial charge in [0.2, 0.25) is 5.95 Å². The SMILES string of the molecule is Cc1cccc(CN[C@H]2CC[C@@H](Nc3nc(N(C)C)c4ccccc4n3)CC2)c1O. The topological polar surface area (TPSA) is 73.3 Å². The summed E-state index contributed by atoms with van der Waals surface area (Å²) in [6, 6.07) is 14.9. The second-order valence-electron chi connectivity index (χ2n) is 8.44. The number of nitrogens with one attached hydrogen (secondary N) is 2. The maximum Gasteiger partial charge on any atom is 0.225 e. The Balaban J connectivity index is 1.35. The van der Waals surface area contributed by atoms with E-state index in [9.17, 15) is 5.11 Å². The van der Waals surface area contributed by atoms with Gasteiger partial charge in [0.05, 0.1) is 5.52 Å². The van der Waals surface area contributed by atoms with Crippen molar-refractivity contribution in [3.8, 4) is 5.75 Å². The minimum atomic E-state index is 0.381. The van der Waals surface area contributed by atoms with Gasteiger partial charge >= 0.3 is 0 Å². The number of hydrogen-bond donors (Lipinski definition) is 3. The minimum Gasteiger partial charge on any atom is -0.507 e. The van der Waals surface area contributed by atoms with Crippen LogP contribution in [0.4, 0.5) is 11.8 Å². The van der Waals surface area contributed by atoms with Crippen LogP contribution >= 0.6 is 0 Å². The normalized spacial score (nSPS) is 19.0. The van der Waals surface area contributed by atoms with Gasteiger partial charge in [-0.15, -0.1) is 0 Å². The van der Waals surface area contributed by atoms with Crippen molar-refractivity contribution in [1.82, 2.24) is 15.3 Å². The van der Waals surface area contributed by atoms with Gasteiger partial charge < -0.3 is 20.6 Å². The van der Waals surface area contributed by atoms with Gasteiger partial charge in [-0.2, -0.15) is 4.98 Å². The first kappa shape index (κ1) is 20.4. The fourth-order valence-corrected chi connectivity index (χ4v) is 4.21. The lowest BCUT2D eigenvalue weighted by Crippen LogP contribution is -2.37. The summed E-state index contributed by atoms with van der Waals surface area (Å²) < 4.78 is 0. The Labute approximate surface area is 178 Å². The molecular weight excluding hydrogens is 374 g/mol. The van der Waals surface area contributed by atoms with Gasteiger partial charge in [-0.05, 0) is 50.3 Å². The van der Waals surface area contributed by atoms with E-state index in [2.05, 4.69) is 16.7 Å². The summed E-state index contributed by atoms with van der Waals surface area (Å²) in [7, 11) is 4.03. The average molecular weight is 406 g/mol. The van der Waals surface area contributed by atoms with Crippen molar-refractivity contribution in [3.05, 3.63) is 53.6 Å². The van der Waals surface area contributed by atoms with Crippen LogP contribution in [0, 0.1) is 6.92 Å². The van der Waals surface area contributed by atoms with Gasteiger partial charge in [0, 0.05) is 43.7 Å². The lowest BCUT2D eigenvalue weighted by molar-refractivity contribution is 0.349. The average Bonchev–Trinajstić information content (AvgIpc) is 2.75. The summed E-state index contributed by atoms with van der Waals surface area (Å²) in [5, 5.41) is 18.4. The van der Waals surface area contributed by atoms with Crippen molar-refractivity contribution in [2.24, 2.45) is 0 Å². The Bertz CT molecular complexity index is 1010. The molecule has 0 spiro atoms. The molecule has 1 aromatic heterocycles. The number of hydrogen-bond acceptors (Lipinski definition) is 6. The number of phenolic OH excluding ortho intramolecular Hbond substituents is 1. The maximum atomic E-state index is 10.2. The molecule has 0 bridgehead atoms. The molecule has 0 radical (unpaired) electrons. The zero-order valence-electron chi connectivity index (χ0n) is 18.0. The Morgan fingerprint density at radius 2 is 1.70 bits per heavy atom. The molecule has 0 aliphatic heterocycles. The second kappa shape index (κ2) is 8.88. The summed E-state index contributed by atoms with van der Waals surface area (Å²) in [5.41, 5.74) is 2.86. The van der Waals surface area contributed by atoms with E-state index in [1.807, 2.05) is 62.3 Å². The van der Waals surface area contributed by atoms with Crippen molar-refractivity contribution in [2.75, 3.05) is 24.3 Å². The third kappa shape index (κ3) is 4.49. The summed E-state index contributed by atoms with van der Waals surface area (Å²) in [4.78, 5) is 11.5. The zero-order chi connectivity index (χ0) is 21.1. The number of para-hydroxylation sites is 2. The van der Waals surface area contributed by atoms with Crippen LogP contribution in [-0.2, 0) is 6.54 Å². The van der Waals surface area contributed by atoms with E-state index in [1.165, 1.54) is 0 Å². The van der Waals surface area contributed by atoms with Crippen molar-refractivity contribution in [2.45, 2.75) is 51.2 Å². The largest absolute Gasteiger partial charge is 0.507 e. The summed E-state index contributed by atoms with van der Waals surface area (Å²) in [5.74, 6) is 2.06. The Morgan fingerprint density at radius 3 is 2.47 bits per heavy atom. The molecule has 2 aromatic carbocycles. The van der Waals surface area contributed by atoms with Crippen molar-refractivity contribution < 1.29 is 5.11 Å². The van der Waals surface area contributed by atoms with Crippen molar-refractivity contribution in [3.63, 3.8) is 0 Å². The van der Waals surface area contributed by atoms with E-state index in [-0.39, 0.29) is 0 Å². The number of aromatic hydroxyl groups is 1. The highest BCUT2D eigenvalue weighted by atomic mass is 16.3. The fourth-order valence-electron chi connectivity index (χ4n) is 4.21. The molecule has 3 aromatic rings. The molecule has 6 heteroatoms. The summed E-state index contributed by atoms with van der Waals surface area (Å²) in [6.45, 7) is 2.64. The highest BCUT2D eigenvalue weighted by molar-refractivity contribution is 5.90. The number of anilines is 2. The van der Waals surface area contributed by atoms with Gasteiger partial charge in [-0.25, -0.2) is 4.98 Å². The quantitative estimate of drug-likeness (QED) is 0.570. The summed E-state index contributed by atoms with van der Waals surface area (Å²) in [6.07, 6.45) is 4.34. The Kier molecular flexibility index (Phi) is 6.04. The van der Waals surface area contributed by atoms with Crippen LogP contribution < -0.4 is 15.5 Å². The number of aryl methyl sites for hydroxylation is 1. The van der Waals surface area contributed by atoms with Crippen LogP contribution in [-0.4, -0.2) is 41.3 Å². The number of rotatable bonds is 6. The molecule has 158 valence electrons. The van der Waals surface area contributed by atoms with Crippen LogP contribution in [0.15, 0.2) is 42.5 Å². The Hall–Kier alpha value is -2.86. The van der Waals surface area contributed by atoms with Crippen molar-refractivity contribution in [1.29, 1.82) is 0 Å². The van der Waals surface area contributed by atoms with Gasteiger partial charge in [0.1, 0.15) is 11.6 Å². The maximum absolute atomic E-state index is 10.2. The first-order valence-corrected chi connectivity index (χ1v) is 10.7. The summed E-state index contributed by atoms with van der Waals surface area (Å²) >= 11 is 0. The minimum absolute atomic E-state index is 0.381. The molecule has 4 rings (SSSR count). The second-order valence-corrected chi connectivity index (χ2v) is 8.44. The molecule has 0 saturated heterocycles. The predicted octanol–water partition coefficient (Wildman–Crippen LogP) is 4.22. The number of aromatic nitrogens is 2. The highest BCUT2D eigenvalue weighted by Crippen LogP contribution is 2.27. The molecule has 1 fully saturated rings. The van der Waals surface area contributed by atoms with Crippen molar-refractivity contribution >= 4 is 22.7 Å². The van der Waals surface area contributed by atoms with E-state index >= 15 is 0 Å². The van der Waals surface area contributed by atoms with Crippen LogP contribution in [0.3, 0.4) is 0 Å². The molecule has 30 heavy (non-hydrogen) atoms. The first-order chi connectivity index (χ1) is 14.5. The fraction of sp³-hybridized carbons (Fsp3) is 0.417. The molecule has 3 N–H and O–H groups in total. The van der Waals surface area contributed by atoms with Gasteiger partial charge in [-0.1, -0.05) is 30.3 Å². The van der Waals surface area contributed by atoms with E-state index in [0.717, 1.165) is 53.5 Å². The molecule has 1 aliphatic rings. The monoisotopic (exact) mass is 405 g/mol. The molecule has 0 unspecified atom stereocenters. The molecule has 1 heterocycles. The highest BCUT2D eigenvalue weighted by Gasteiger charge is 2.22. The molecule has 0 atom stereocenters. The van der Waals surface area contributed by atoms with E-state index < -0.39 is 0 Å².